The van der Waals surface area contributed by atoms with Crippen LogP contribution in [0.25, 0.3) is 0 Å². The SMILES string of the molecule is Cc1c(C)c(O)n(OCCO)c1O. The Labute approximate surface area is 75.8 Å². The summed E-state index contributed by atoms with van der Waals surface area (Å²) in [5.41, 5.74) is 1.13. The fraction of sp³-hybridized carbons (Fsp3) is 0.500. The molecule has 1 heterocycles. The van der Waals surface area contributed by atoms with E-state index in [0.29, 0.717) is 11.1 Å². The van der Waals surface area contributed by atoms with Crippen LogP contribution in [0.5, 0.6) is 11.8 Å². The number of hydrogen-bond acceptors (Lipinski definition) is 4. The second kappa shape index (κ2) is 3.57. The minimum atomic E-state index is -0.171. The van der Waals surface area contributed by atoms with Gasteiger partial charge >= 0.3 is 0 Å². The van der Waals surface area contributed by atoms with Crippen LogP contribution in [0, 0.1) is 13.8 Å². The Morgan fingerprint density at radius 2 is 1.62 bits per heavy atom. The molecule has 3 N–H and O–H groups in total. The van der Waals surface area contributed by atoms with Crippen LogP contribution >= 0.6 is 0 Å². The van der Waals surface area contributed by atoms with Gasteiger partial charge in [-0.15, -0.1) is 4.73 Å². The zero-order valence-corrected chi connectivity index (χ0v) is 7.61. The third-order valence-electron chi connectivity index (χ3n) is 1.93. The van der Waals surface area contributed by atoms with Crippen molar-refractivity contribution < 1.29 is 20.2 Å². The molecular weight excluding hydrogens is 174 g/mol. The minimum absolute atomic E-state index is 0.0225. The molecule has 74 valence electrons. The van der Waals surface area contributed by atoms with E-state index >= 15 is 0 Å². The summed E-state index contributed by atoms with van der Waals surface area (Å²) >= 11 is 0. The Hall–Kier alpha value is -1.36. The lowest BCUT2D eigenvalue weighted by molar-refractivity contribution is 0.0500. The Morgan fingerprint density at radius 3 is 2.00 bits per heavy atom. The van der Waals surface area contributed by atoms with Crippen molar-refractivity contribution in [3.63, 3.8) is 0 Å². The molecule has 0 aromatic carbocycles. The van der Waals surface area contributed by atoms with E-state index in [9.17, 15) is 10.2 Å². The molecule has 0 spiro atoms. The highest BCUT2D eigenvalue weighted by Gasteiger charge is 2.16. The monoisotopic (exact) mass is 187 g/mol. The maximum absolute atomic E-state index is 9.42. The van der Waals surface area contributed by atoms with Gasteiger partial charge in [0, 0.05) is 11.1 Å². The van der Waals surface area contributed by atoms with Gasteiger partial charge in [-0.25, -0.2) is 0 Å². The van der Waals surface area contributed by atoms with Crippen LogP contribution in [-0.2, 0) is 0 Å². The largest absolute Gasteiger partial charge is 0.492 e. The highest BCUT2D eigenvalue weighted by atomic mass is 16.7. The third kappa shape index (κ3) is 1.55. The van der Waals surface area contributed by atoms with Crippen molar-refractivity contribution in [3.8, 4) is 11.8 Å². The van der Waals surface area contributed by atoms with Crippen LogP contribution in [0.1, 0.15) is 11.1 Å². The van der Waals surface area contributed by atoms with Crippen LogP contribution in [0.2, 0.25) is 0 Å². The molecule has 0 amide bonds. The number of rotatable bonds is 3. The molecule has 0 saturated carbocycles. The molecule has 0 aliphatic heterocycles. The first-order valence-corrected chi connectivity index (χ1v) is 3.93. The molecule has 0 fully saturated rings. The maximum Gasteiger partial charge on any atom is 0.232 e. The van der Waals surface area contributed by atoms with Gasteiger partial charge in [0.15, 0.2) is 0 Å². The Morgan fingerprint density at radius 1 is 1.15 bits per heavy atom. The summed E-state index contributed by atoms with van der Waals surface area (Å²) in [4.78, 5) is 4.89. The third-order valence-corrected chi connectivity index (χ3v) is 1.93. The van der Waals surface area contributed by atoms with Gasteiger partial charge in [0.2, 0.25) is 11.8 Å². The molecule has 1 rings (SSSR count). The van der Waals surface area contributed by atoms with Gasteiger partial charge in [0.05, 0.1) is 6.61 Å². The summed E-state index contributed by atoms with van der Waals surface area (Å²) < 4.78 is 0.904. The minimum Gasteiger partial charge on any atom is -0.492 e. The van der Waals surface area contributed by atoms with Crippen molar-refractivity contribution in [1.29, 1.82) is 0 Å². The van der Waals surface area contributed by atoms with Crippen LogP contribution < -0.4 is 4.84 Å². The van der Waals surface area contributed by atoms with Gasteiger partial charge in [-0.1, -0.05) is 0 Å². The summed E-state index contributed by atoms with van der Waals surface area (Å²) in [7, 11) is 0. The predicted octanol–water partition coefficient (Wildman–Crippen LogP) is -0.0630. The average Bonchev–Trinajstić information content (AvgIpc) is 2.30. The second-order valence-electron chi connectivity index (χ2n) is 2.75. The highest BCUT2D eigenvalue weighted by Crippen LogP contribution is 2.30. The average molecular weight is 187 g/mol. The maximum atomic E-state index is 9.42. The van der Waals surface area contributed by atoms with E-state index in [1.54, 1.807) is 13.8 Å². The lowest BCUT2D eigenvalue weighted by Crippen LogP contribution is -2.14. The van der Waals surface area contributed by atoms with E-state index in [-0.39, 0.29) is 25.0 Å². The smallest absolute Gasteiger partial charge is 0.232 e. The number of aromatic nitrogens is 1. The molecule has 5 heteroatoms. The van der Waals surface area contributed by atoms with Crippen molar-refractivity contribution in [3.05, 3.63) is 11.1 Å². The lowest BCUT2D eigenvalue weighted by atomic mass is 10.2. The number of aliphatic hydroxyl groups excluding tert-OH is 1. The molecule has 1 aromatic heterocycles. The first-order valence-electron chi connectivity index (χ1n) is 3.93. The van der Waals surface area contributed by atoms with Gasteiger partial charge in [0.1, 0.15) is 6.61 Å². The van der Waals surface area contributed by atoms with Gasteiger partial charge in [-0.05, 0) is 13.8 Å². The summed E-state index contributed by atoms with van der Waals surface area (Å²) in [5.74, 6) is -0.271. The Bertz CT molecular complexity index is 280. The fourth-order valence-corrected chi connectivity index (χ4v) is 0.995. The zero-order chi connectivity index (χ0) is 10.0. The highest BCUT2D eigenvalue weighted by molar-refractivity contribution is 5.42. The predicted molar refractivity (Wildman–Crippen MR) is 45.8 cm³/mol. The Balaban J connectivity index is 2.99. The second-order valence-corrected chi connectivity index (χ2v) is 2.75. The molecule has 0 atom stereocenters. The number of aromatic hydroxyl groups is 2. The lowest BCUT2D eigenvalue weighted by Gasteiger charge is -2.06. The van der Waals surface area contributed by atoms with Crippen LogP contribution in [0.15, 0.2) is 0 Å². The van der Waals surface area contributed by atoms with E-state index in [0.717, 1.165) is 4.73 Å². The van der Waals surface area contributed by atoms with E-state index in [1.165, 1.54) is 0 Å². The normalized spacial score (nSPS) is 10.4. The molecule has 0 radical (unpaired) electrons. The number of hydrogen-bond donors (Lipinski definition) is 3. The molecule has 0 aliphatic rings. The standard InChI is InChI=1S/C8H13NO4/c1-5-6(2)8(12)9(7(5)11)13-4-3-10/h10-12H,3-4H2,1-2H3. The molecular formula is C8H13NO4. The van der Waals surface area contributed by atoms with Crippen molar-refractivity contribution in [1.82, 2.24) is 4.73 Å². The first-order chi connectivity index (χ1) is 6.09. The van der Waals surface area contributed by atoms with Crippen molar-refractivity contribution in [2.24, 2.45) is 0 Å². The number of aliphatic hydroxyl groups is 1. The summed E-state index contributed by atoms with van der Waals surface area (Å²) in [6, 6.07) is 0. The summed E-state index contributed by atoms with van der Waals surface area (Å²) in [5, 5.41) is 27.3. The van der Waals surface area contributed by atoms with Crippen LogP contribution in [0.4, 0.5) is 0 Å². The van der Waals surface area contributed by atoms with E-state index in [4.69, 9.17) is 9.94 Å². The molecule has 0 unspecified atom stereocenters. The summed E-state index contributed by atoms with van der Waals surface area (Å²) in [6.45, 7) is 3.19. The van der Waals surface area contributed by atoms with Crippen molar-refractivity contribution >= 4 is 0 Å². The molecule has 0 bridgehead atoms. The molecule has 1 aromatic rings. The van der Waals surface area contributed by atoms with Crippen LogP contribution in [0.3, 0.4) is 0 Å². The zero-order valence-electron chi connectivity index (χ0n) is 7.61. The first kappa shape index (κ1) is 9.73. The molecule has 0 saturated heterocycles. The molecule has 5 nitrogen and oxygen atoms in total. The van der Waals surface area contributed by atoms with E-state index in [2.05, 4.69) is 0 Å². The van der Waals surface area contributed by atoms with Gasteiger partial charge in [0.25, 0.3) is 0 Å². The van der Waals surface area contributed by atoms with E-state index in [1.807, 2.05) is 0 Å². The fourth-order valence-electron chi connectivity index (χ4n) is 0.995. The Kier molecular flexibility index (Phi) is 2.67. The van der Waals surface area contributed by atoms with Crippen LogP contribution in [-0.4, -0.2) is 33.3 Å². The summed E-state index contributed by atoms with van der Waals surface area (Å²) in [6.07, 6.45) is 0. The quantitative estimate of drug-likeness (QED) is 0.619. The topological polar surface area (TPSA) is 74.9 Å². The van der Waals surface area contributed by atoms with Crippen molar-refractivity contribution in [2.45, 2.75) is 13.8 Å². The molecule has 13 heavy (non-hydrogen) atoms. The van der Waals surface area contributed by atoms with E-state index < -0.39 is 0 Å². The molecule has 0 aliphatic carbocycles. The van der Waals surface area contributed by atoms with Gasteiger partial charge in [-0.3, -0.25) is 0 Å². The van der Waals surface area contributed by atoms with Gasteiger partial charge in [-0.2, -0.15) is 0 Å². The number of nitrogens with zero attached hydrogens (tertiary/aromatic N) is 1. The van der Waals surface area contributed by atoms with Crippen molar-refractivity contribution in [2.75, 3.05) is 13.2 Å². The van der Waals surface area contributed by atoms with Gasteiger partial charge < -0.3 is 20.2 Å².